The molecule has 0 heterocycles. The van der Waals surface area contributed by atoms with Crippen molar-refractivity contribution < 1.29 is 9.53 Å². The third-order valence-electron chi connectivity index (χ3n) is 3.47. The fraction of sp³-hybridized carbons (Fsp3) is 0.929. The molecule has 18 heavy (non-hydrogen) atoms. The van der Waals surface area contributed by atoms with Gasteiger partial charge in [0.25, 0.3) is 0 Å². The molecule has 4 heteroatoms. The second-order valence-electron chi connectivity index (χ2n) is 5.30. The first-order chi connectivity index (χ1) is 8.60. The molecule has 4 nitrogen and oxygen atoms in total. The molecule has 0 aromatic heterocycles. The molecule has 0 saturated heterocycles. The lowest BCUT2D eigenvalue weighted by atomic mass is 10.1. The zero-order chi connectivity index (χ0) is 13.5. The highest BCUT2D eigenvalue weighted by molar-refractivity contribution is 5.78. The van der Waals surface area contributed by atoms with Gasteiger partial charge in [0.05, 0.1) is 13.2 Å². The summed E-state index contributed by atoms with van der Waals surface area (Å²) >= 11 is 0. The third-order valence-corrected chi connectivity index (χ3v) is 3.47. The van der Waals surface area contributed by atoms with Crippen LogP contribution in [0, 0.1) is 5.92 Å². The summed E-state index contributed by atoms with van der Waals surface area (Å²) in [6.45, 7) is 11.0. The lowest BCUT2D eigenvalue weighted by Crippen LogP contribution is -2.46. The van der Waals surface area contributed by atoms with Crippen LogP contribution < -0.4 is 5.32 Å². The Kier molecular flexibility index (Phi) is 6.65. The van der Waals surface area contributed by atoms with E-state index in [0.717, 1.165) is 13.2 Å². The number of nitrogens with zero attached hydrogens (tertiary/aromatic N) is 1. The van der Waals surface area contributed by atoms with E-state index in [4.69, 9.17) is 4.74 Å². The molecular formula is C14H28N2O2. The Bertz CT molecular complexity index is 252. The standard InChI is InChI=1S/C14H28N2O2/c1-5-16(12-7-8-12)14(17)9-15-13(11(3)4)10-18-6-2/h11-13,15H,5-10H2,1-4H3. The monoisotopic (exact) mass is 256 g/mol. The van der Waals surface area contributed by atoms with E-state index >= 15 is 0 Å². The van der Waals surface area contributed by atoms with Crippen LogP contribution >= 0.6 is 0 Å². The van der Waals surface area contributed by atoms with Crippen LogP contribution in [0.15, 0.2) is 0 Å². The number of carbonyl (C=O) groups excluding carboxylic acids is 1. The van der Waals surface area contributed by atoms with E-state index in [1.54, 1.807) is 0 Å². The maximum absolute atomic E-state index is 12.1. The second kappa shape index (κ2) is 7.74. The first kappa shape index (κ1) is 15.4. The Morgan fingerprint density at radius 3 is 2.50 bits per heavy atom. The quantitative estimate of drug-likeness (QED) is 0.682. The van der Waals surface area contributed by atoms with Crippen molar-refractivity contribution in [1.82, 2.24) is 10.2 Å². The molecule has 1 atom stereocenters. The average Bonchev–Trinajstić information content (AvgIpc) is 3.14. The van der Waals surface area contributed by atoms with Crippen LogP contribution in [0.4, 0.5) is 0 Å². The van der Waals surface area contributed by atoms with Crippen molar-refractivity contribution in [3.05, 3.63) is 0 Å². The number of ether oxygens (including phenoxy) is 1. The van der Waals surface area contributed by atoms with Crippen molar-refractivity contribution in [3.8, 4) is 0 Å². The Hall–Kier alpha value is -0.610. The topological polar surface area (TPSA) is 41.6 Å². The maximum Gasteiger partial charge on any atom is 0.236 e. The van der Waals surface area contributed by atoms with Gasteiger partial charge in [0, 0.05) is 25.2 Å². The molecule has 0 bridgehead atoms. The predicted molar refractivity (Wildman–Crippen MR) is 73.5 cm³/mol. The minimum atomic E-state index is 0.224. The fourth-order valence-electron chi connectivity index (χ4n) is 2.08. The molecule has 0 aromatic rings. The van der Waals surface area contributed by atoms with Crippen molar-refractivity contribution in [2.24, 2.45) is 5.92 Å². The van der Waals surface area contributed by atoms with E-state index in [-0.39, 0.29) is 11.9 Å². The lowest BCUT2D eigenvalue weighted by Gasteiger charge is -2.25. The van der Waals surface area contributed by atoms with Gasteiger partial charge in [-0.2, -0.15) is 0 Å². The van der Waals surface area contributed by atoms with Gasteiger partial charge in [-0.1, -0.05) is 13.8 Å². The smallest absolute Gasteiger partial charge is 0.236 e. The molecule has 0 aliphatic heterocycles. The van der Waals surface area contributed by atoms with Crippen molar-refractivity contribution in [1.29, 1.82) is 0 Å². The van der Waals surface area contributed by atoms with E-state index in [1.165, 1.54) is 12.8 Å². The van der Waals surface area contributed by atoms with Gasteiger partial charge in [0.15, 0.2) is 0 Å². The lowest BCUT2D eigenvalue weighted by molar-refractivity contribution is -0.130. The highest BCUT2D eigenvalue weighted by atomic mass is 16.5. The molecule has 0 aromatic carbocycles. The summed E-state index contributed by atoms with van der Waals surface area (Å²) in [5.41, 5.74) is 0. The number of carbonyl (C=O) groups is 1. The van der Waals surface area contributed by atoms with Crippen LogP contribution in [0.5, 0.6) is 0 Å². The van der Waals surface area contributed by atoms with Crippen LogP contribution in [-0.4, -0.2) is 49.2 Å². The number of hydrogen-bond donors (Lipinski definition) is 1. The Labute approximate surface area is 111 Å². The summed E-state index contributed by atoms with van der Waals surface area (Å²) in [6.07, 6.45) is 2.35. The van der Waals surface area contributed by atoms with Crippen molar-refractivity contribution in [2.75, 3.05) is 26.3 Å². The summed E-state index contributed by atoms with van der Waals surface area (Å²) in [5, 5.41) is 3.34. The zero-order valence-corrected chi connectivity index (χ0v) is 12.2. The molecule has 1 aliphatic carbocycles. The van der Waals surface area contributed by atoms with E-state index in [2.05, 4.69) is 26.1 Å². The number of hydrogen-bond acceptors (Lipinski definition) is 3. The van der Waals surface area contributed by atoms with Crippen LogP contribution in [0.1, 0.15) is 40.5 Å². The van der Waals surface area contributed by atoms with Crippen LogP contribution in [0.25, 0.3) is 0 Å². The van der Waals surface area contributed by atoms with Crippen molar-refractivity contribution >= 4 is 5.91 Å². The fourth-order valence-corrected chi connectivity index (χ4v) is 2.08. The third kappa shape index (κ3) is 4.94. The van der Waals surface area contributed by atoms with Crippen LogP contribution in [0.2, 0.25) is 0 Å². The van der Waals surface area contributed by atoms with Crippen molar-refractivity contribution in [3.63, 3.8) is 0 Å². The summed E-state index contributed by atoms with van der Waals surface area (Å²) in [4.78, 5) is 14.1. The van der Waals surface area contributed by atoms with Crippen LogP contribution in [-0.2, 0) is 9.53 Å². The first-order valence-corrected chi connectivity index (χ1v) is 7.20. The Morgan fingerprint density at radius 1 is 1.39 bits per heavy atom. The normalized spacial score (nSPS) is 16.9. The Morgan fingerprint density at radius 2 is 2.06 bits per heavy atom. The molecule has 1 rings (SSSR count). The molecule has 0 spiro atoms. The minimum Gasteiger partial charge on any atom is -0.380 e. The second-order valence-corrected chi connectivity index (χ2v) is 5.30. The number of amides is 1. The molecule has 1 N–H and O–H groups in total. The number of rotatable bonds is 9. The first-order valence-electron chi connectivity index (χ1n) is 7.20. The molecule has 1 saturated carbocycles. The molecule has 106 valence electrons. The summed E-state index contributed by atoms with van der Waals surface area (Å²) in [7, 11) is 0. The van der Waals surface area contributed by atoms with Gasteiger partial charge < -0.3 is 15.0 Å². The number of nitrogens with one attached hydrogen (secondary N) is 1. The van der Waals surface area contributed by atoms with Crippen molar-refractivity contribution in [2.45, 2.75) is 52.6 Å². The predicted octanol–water partition coefficient (Wildman–Crippen LogP) is 1.65. The molecule has 1 fully saturated rings. The van der Waals surface area contributed by atoms with Gasteiger partial charge in [-0.25, -0.2) is 0 Å². The molecule has 0 radical (unpaired) electrons. The average molecular weight is 256 g/mol. The van der Waals surface area contributed by atoms with Gasteiger partial charge in [-0.3, -0.25) is 4.79 Å². The molecule has 1 aliphatic rings. The summed E-state index contributed by atoms with van der Waals surface area (Å²) in [5.74, 6) is 0.697. The van der Waals surface area contributed by atoms with E-state index < -0.39 is 0 Å². The van der Waals surface area contributed by atoms with Gasteiger partial charge in [0.2, 0.25) is 5.91 Å². The largest absolute Gasteiger partial charge is 0.380 e. The molecular weight excluding hydrogens is 228 g/mol. The van der Waals surface area contributed by atoms with Gasteiger partial charge in [-0.05, 0) is 32.6 Å². The van der Waals surface area contributed by atoms with Gasteiger partial charge in [-0.15, -0.1) is 0 Å². The highest BCUT2D eigenvalue weighted by Gasteiger charge is 2.31. The van der Waals surface area contributed by atoms with Gasteiger partial charge in [0.1, 0.15) is 0 Å². The molecule has 1 unspecified atom stereocenters. The summed E-state index contributed by atoms with van der Waals surface area (Å²) < 4.78 is 5.45. The number of likely N-dealkylation sites (N-methyl/N-ethyl adjacent to an activating group) is 1. The highest BCUT2D eigenvalue weighted by Crippen LogP contribution is 2.26. The van der Waals surface area contributed by atoms with Gasteiger partial charge >= 0.3 is 0 Å². The SMILES string of the molecule is CCOCC(NCC(=O)N(CC)C1CC1)C(C)C. The van der Waals surface area contributed by atoms with E-state index in [0.29, 0.717) is 25.1 Å². The minimum absolute atomic E-state index is 0.224. The maximum atomic E-state index is 12.1. The van der Waals surface area contributed by atoms with E-state index in [9.17, 15) is 4.79 Å². The van der Waals surface area contributed by atoms with E-state index in [1.807, 2.05) is 11.8 Å². The molecule has 1 amide bonds. The Balaban J connectivity index is 2.33. The zero-order valence-electron chi connectivity index (χ0n) is 12.2. The summed E-state index contributed by atoms with van der Waals surface area (Å²) in [6, 6.07) is 0.764. The van der Waals surface area contributed by atoms with Crippen LogP contribution in [0.3, 0.4) is 0 Å².